The predicted octanol–water partition coefficient (Wildman–Crippen LogP) is 3.21. The molecule has 0 unspecified atom stereocenters. The normalized spacial score (nSPS) is 13.3. The van der Waals surface area contributed by atoms with Crippen LogP contribution in [0.5, 0.6) is 5.75 Å². The molecular formula is C18H18N2O3. The van der Waals surface area contributed by atoms with E-state index >= 15 is 0 Å². The lowest BCUT2D eigenvalue weighted by atomic mass is 10.2. The number of amides is 2. The molecule has 1 N–H and O–H groups in total. The van der Waals surface area contributed by atoms with Crippen LogP contribution in [0.4, 0.5) is 10.5 Å². The zero-order valence-electron chi connectivity index (χ0n) is 12.9. The van der Waals surface area contributed by atoms with Crippen molar-refractivity contribution in [1.29, 1.82) is 0 Å². The largest absolute Gasteiger partial charge is 0.419 e. The van der Waals surface area contributed by atoms with Gasteiger partial charge in [-0.3, -0.25) is 9.69 Å². The number of nitrogens with zero attached hydrogens (tertiary/aromatic N) is 1. The first-order chi connectivity index (χ1) is 11.1. The summed E-state index contributed by atoms with van der Waals surface area (Å²) in [4.78, 5) is 25.4. The van der Waals surface area contributed by atoms with E-state index in [1.807, 2.05) is 30.3 Å². The summed E-state index contributed by atoms with van der Waals surface area (Å²) in [6, 6.07) is 16.1. The van der Waals surface area contributed by atoms with Gasteiger partial charge >= 0.3 is 6.09 Å². The van der Waals surface area contributed by atoms with E-state index in [-0.39, 0.29) is 5.91 Å². The fourth-order valence-electron chi connectivity index (χ4n) is 2.10. The lowest BCUT2D eigenvalue weighted by Gasteiger charge is -2.16. The lowest BCUT2D eigenvalue weighted by Crippen LogP contribution is -2.29. The van der Waals surface area contributed by atoms with Crippen LogP contribution in [0, 0.1) is 0 Å². The minimum atomic E-state index is -0.480. The molecule has 2 amide bonds. The Morgan fingerprint density at radius 3 is 2.30 bits per heavy atom. The highest BCUT2D eigenvalue weighted by Crippen LogP contribution is 2.20. The third-order valence-corrected chi connectivity index (χ3v) is 3.65. The monoisotopic (exact) mass is 310 g/mol. The number of hydrogen-bond donors (Lipinski definition) is 1. The number of anilines is 1. The topological polar surface area (TPSA) is 58.6 Å². The van der Waals surface area contributed by atoms with Gasteiger partial charge in [-0.1, -0.05) is 18.2 Å². The summed E-state index contributed by atoms with van der Waals surface area (Å²) in [6.07, 6.45) is 1.62. The van der Waals surface area contributed by atoms with Crippen LogP contribution in [-0.4, -0.2) is 25.1 Å². The molecular weight excluding hydrogens is 292 g/mol. The van der Waals surface area contributed by atoms with Crippen molar-refractivity contribution in [3.8, 4) is 5.75 Å². The Labute approximate surface area is 134 Å². The summed E-state index contributed by atoms with van der Waals surface area (Å²) in [5.41, 5.74) is 1.31. The standard InChI is InChI=1S/C18H18N2O3/c1-20(15-5-3-2-4-6-15)18(22)23-16-11-7-13(8-12-16)17(21)19-14-9-10-14/h2-8,11-12,14H,9-10H2,1H3,(H,19,21). The number of para-hydroxylation sites is 1. The van der Waals surface area contributed by atoms with Crippen LogP contribution in [0.1, 0.15) is 23.2 Å². The number of rotatable bonds is 4. The van der Waals surface area contributed by atoms with Gasteiger partial charge in [-0.2, -0.15) is 0 Å². The van der Waals surface area contributed by atoms with Crippen LogP contribution < -0.4 is 15.0 Å². The summed E-state index contributed by atoms with van der Waals surface area (Å²) in [6.45, 7) is 0. The summed E-state index contributed by atoms with van der Waals surface area (Å²) >= 11 is 0. The van der Waals surface area contributed by atoms with E-state index in [1.54, 1.807) is 31.3 Å². The molecule has 1 fully saturated rings. The number of nitrogens with one attached hydrogen (secondary N) is 1. The van der Waals surface area contributed by atoms with Gasteiger partial charge in [0.25, 0.3) is 5.91 Å². The van der Waals surface area contributed by atoms with Gasteiger partial charge in [-0.05, 0) is 49.2 Å². The number of benzene rings is 2. The van der Waals surface area contributed by atoms with E-state index < -0.39 is 6.09 Å². The van der Waals surface area contributed by atoms with Gasteiger partial charge in [0.05, 0.1) is 0 Å². The Bertz CT molecular complexity index is 694. The van der Waals surface area contributed by atoms with Gasteiger partial charge in [-0.15, -0.1) is 0 Å². The molecule has 1 aliphatic carbocycles. The van der Waals surface area contributed by atoms with Gasteiger partial charge in [0, 0.05) is 24.3 Å². The summed E-state index contributed by atoms with van der Waals surface area (Å²) < 4.78 is 5.31. The van der Waals surface area contributed by atoms with Crippen molar-refractivity contribution in [1.82, 2.24) is 5.32 Å². The van der Waals surface area contributed by atoms with Gasteiger partial charge in [0.15, 0.2) is 0 Å². The number of hydrogen-bond acceptors (Lipinski definition) is 3. The maximum Gasteiger partial charge on any atom is 0.419 e. The second kappa shape index (κ2) is 6.52. The Kier molecular flexibility index (Phi) is 4.28. The van der Waals surface area contributed by atoms with Crippen molar-refractivity contribution in [2.24, 2.45) is 0 Å². The highest BCUT2D eigenvalue weighted by atomic mass is 16.6. The molecule has 2 aromatic rings. The van der Waals surface area contributed by atoms with Crippen LogP contribution in [0.3, 0.4) is 0 Å². The Morgan fingerprint density at radius 1 is 1.04 bits per heavy atom. The first-order valence-electron chi connectivity index (χ1n) is 7.55. The third-order valence-electron chi connectivity index (χ3n) is 3.65. The number of ether oxygens (including phenoxy) is 1. The molecule has 0 saturated heterocycles. The van der Waals surface area contributed by atoms with Gasteiger partial charge in [0.1, 0.15) is 5.75 Å². The molecule has 0 radical (unpaired) electrons. The number of carbonyl (C=O) groups is 2. The summed E-state index contributed by atoms with van der Waals surface area (Å²) in [5.74, 6) is 0.313. The summed E-state index contributed by atoms with van der Waals surface area (Å²) in [7, 11) is 1.65. The summed E-state index contributed by atoms with van der Waals surface area (Å²) in [5, 5.41) is 2.92. The van der Waals surface area contributed by atoms with Crippen molar-refractivity contribution in [2.75, 3.05) is 11.9 Å². The Hall–Kier alpha value is -2.82. The lowest BCUT2D eigenvalue weighted by molar-refractivity contribution is 0.0951. The molecule has 23 heavy (non-hydrogen) atoms. The van der Waals surface area contributed by atoms with E-state index in [4.69, 9.17) is 4.74 Å². The zero-order chi connectivity index (χ0) is 16.2. The van der Waals surface area contributed by atoms with Crippen molar-refractivity contribution in [3.05, 3.63) is 60.2 Å². The molecule has 5 heteroatoms. The van der Waals surface area contributed by atoms with Gasteiger partial charge < -0.3 is 10.1 Å². The molecule has 0 aromatic heterocycles. The molecule has 1 saturated carbocycles. The average Bonchev–Trinajstić information content (AvgIpc) is 3.39. The van der Waals surface area contributed by atoms with Gasteiger partial charge in [0.2, 0.25) is 0 Å². The molecule has 0 aliphatic heterocycles. The van der Waals surface area contributed by atoms with Gasteiger partial charge in [-0.25, -0.2) is 4.79 Å². The Morgan fingerprint density at radius 2 is 1.70 bits per heavy atom. The zero-order valence-corrected chi connectivity index (χ0v) is 12.9. The molecule has 0 heterocycles. The number of carbonyl (C=O) groups excluding carboxylic acids is 2. The predicted molar refractivity (Wildman–Crippen MR) is 87.8 cm³/mol. The van der Waals surface area contributed by atoms with Crippen molar-refractivity contribution >= 4 is 17.7 Å². The van der Waals surface area contributed by atoms with Crippen LogP contribution >= 0.6 is 0 Å². The van der Waals surface area contributed by atoms with Crippen LogP contribution in [0.15, 0.2) is 54.6 Å². The minimum absolute atomic E-state index is 0.0909. The quantitative estimate of drug-likeness (QED) is 0.943. The highest BCUT2D eigenvalue weighted by Gasteiger charge is 2.23. The van der Waals surface area contributed by atoms with Crippen LogP contribution in [0.2, 0.25) is 0 Å². The fraction of sp³-hybridized carbons (Fsp3) is 0.222. The Balaban J connectivity index is 1.61. The van der Waals surface area contributed by atoms with Crippen molar-refractivity contribution < 1.29 is 14.3 Å². The van der Waals surface area contributed by atoms with Crippen LogP contribution in [-0.2, 0) is 0 Å². The molecule has 3 rings (SSSR count). The van der Waals surface area contributed by atoms with E-state index in [9.17, 15) is 9.59 Å². The fourth-order valence-corrected chi connectivity index (χ4v) is 2.10. The van der Waals surface area contributed by atoms with E-state index in [1.165, 1.54) is 4.90 Å². The SMILES string of the molecule is CN(C(=O)Oc1ccc(C(=O)NC2CC2)cc1)c1ccccc1. The van der Waals surface area contributed by atoms with Crippen LogP contribution in [0.25, 0.3) is 0 Å². The maximum atomic E-state index is 12.1. The first-order valence-corrected chi connectivity index (χ1v) is 7.55. The molecule has 0 spiro atoms. The minimum Gasteiger partial charge on any atom is -0.410 e. The molecule has 118 valence electrons. The molecule has 2 aromatic carbocycles. The first kappa shape index (κ1) is 15.1. The second-order valence-corrected chi connectivity index (χ2v) is 5.53. The van der Waals surface area contributed by atoms with Crippen molar-refractivity contribution in [3.63, 3.8) is 0 Å². The molecule has 0 atom stereocenters. The smallest absolute Gasteiger partial charge is 0.410 e. The third kappa shape index (κ3) is 3.88. The second-order valence-electron chi connectivity index (χ2n) is 5.53. The molecule has 5 nitrogen and oxygen atoms in total. The average molecular weight is 310 g/mol. The molecule has 0 bridgehead atoms. The van der Waals surface area contributed by atoms with Crippen molar-refractivity contribution in [2.45, 2.75) is 18.9 Å². The van der Waals surface area contributed by atoms with E-state index in [0.717, 1.165) is 18.5 Å². The highest BCUT2D eigenvalue weighted by molar-refractivity contribution is 5.95. The maximum absolute atomic E-state index is 12.1. The molecule has 1 aliphatic rings. The van der Waals surface area contributed by atoms with E-state index in [0.29, 0.717) is 17.4 Å². The van der Waals surface area contributed by atoms with E-state index in [2.05, 4.69) is 5.32 Å².